The lowest BCUT2D eigenvalue weighted by Gasteiger charge is -2.22. The van der Waals surface area contributed by atoms with Crippen molar-refractivity contribution >= 4 is 39.7 Å². The first-order valence-corrected chi connectivity index (χ1v) is 9.22. The van der Waals surface area contributed by atoms with Gasteiger partial charge in [-0.1, -0.05) is 23.7 Å². The van der Waals surface area contributed by atoms with E-state index in [1.165, 1.54) is 0 Å². The number of halogens is 2. The summed E-state index contributed by atoms with van der Waals surface area (Å²) in [7, 11) is 0. The van der Waals surface area contributed by atoms with E-state index in [-0.39, 0.29) is 0 Å². The Bertz CT molecular complexity index is 1060. The van der Waals surface area contributed by atoms with Gasteiger partial charge in [0.2, 0.25) is 0 Å². The summed E-state index contributed by atoms with van der Waals surface area (Å²) in [5.41, 5.74) is 5.58. The number of hydrogen-bond acceptors (Lipinski definition) is 3. The van der Waals surface area contributed by atoms with E-state index >= 15 is 0 Å². The summed E-state index contributed by atoms with van der Waals surface area (Å²) in [4.78, 5) is 0. The molecule has 1 aliphatic rings. The van der Waals surface area contributed by atoms with Gasteiger partial charge in [0.05, 0.1) is 28.2 Å². The number of nitrogens with one attached hydrogen (secondary N) is 1. The number of rotatable bonds is 4. The van der Waals surface area contributed by atoms with Crippen molar-refractivity contribution in [2.45, 2.75) is 12.8 Å². The van der Waals surface area contributed by atoms with Crippen LogP contribution < -0.4 is 4.74 Å². The third-order valence-electron chi connectivity index (χ3n) is 4.55. The molecular formula is C20H15Cl2N3O. The molecule has 0 saturated heterocycles. The minimum Gasteiger partial charge on any atom is -0.489 e. The number of aromatic amines is 1. The van der Waals surface area contributed by atoms with Crippen molar-refractivity contribution < 1.29 is 4.74 Å². The minimum atomic E-state index is 0.314. The highest BCUT2D eigenvalue weighted by atomic mass is 35.5. The highest BCUT2D eigenvalue weighted by Crippen LogP contribution is 2.42. The molecule has 1 heterocycles. The molecule has 130 valence electrons. The molecule has 1 N–H and O–H groups in total. The van der Waals surface area contributed by atoms with Crippen molar-refractivity contribution in [2.75, 3.05) is 12.5 Å². The van der Waals surface area contributed by atoms with Gasteiger partial charge in [-0.3, -0.25) is 5.10 Å². The molecule has 6 heteroatoms. The van der Waals surface area contributed by atoms with Crippen LogP contribution in [0.15, 0.2) is 36.5 Å². The maximum Gasteiger partial charge on any atom is 0.156 e. The van der Waals surface area contributed by atoms with Crippen LogP contribution in [0.25, 0.3) is 16.5 Å². The number of fused-ring (bicyclic) bond motifs is 2. The van der Waals surface area contributed by atoms with Crippen LogP contribution in [0.2, 0.25) is 5.02 Å². The van der Waals surface area contributed by atoms with Crippen molar-refractivity contribution in [1.29, 1.82) is 5.26 Å². The molecule has 4 nitrogen and oxygen atoms in total. The van der Waals surface area contributed by atoms with Crippen LogP contribution in [0.1, 0.15) is 28.7 Å². The molecule has 1 aromatic heterocycles. The molecule has 0 unspecified atom stereocenters. The molecule has 2 aromatic carbocycles. The fourth-order valence-electron chi connectivity index (χ4n) is 3.37. The van der Waals surface area contributed by atoms with Crippen molar-refractivity contribution in [3.63, 3.8) is 0 Å². The average Bonchev–Trinajstić information content (AvgIpc) is 3.14. The Labute approximate surface area is 161 Å². The zero-order valence-corrected chi connectivity index (χ0v) is 15.4. The van der Waals surface area contributed by atoms with E-state index in [4.69, 9.17) is 27.9 Å². The molecule has 0 saturated carbocycles. The highest BCUT2D eigenvalue weighted by Gasteiger charge is 2.23. The van der Waals surface area contributed by atoms with Crippen LogP contribution in [0, 0.1) is 11.3 Å². The number of benzene rings is 2. The molecule has 0 aliphatic heterocycles. The predicted molar refractivity (Wildman–Crippen MR) is 104 cm³/mol. The number of allylic oxidation sites excluding steroid dienone is 1. The van der Waals surface area contributed by atoms with Gasteiger partial charge < -0.3 is 4.74 Å². The molecule has 26 heavy (non-hydrogen) atoms. The first kappa shape index (κ1) is 17.0. The standard InChI is InChI=1S/C20H15Cl2N3O/c21-6-7-26-20-13(10-23)9-17-15(2-1-3-16(17)19(20)22)12-4-5-18-14(8-12)11-24-25-18/h2,4-5,8-9,11H,1,3,6-7H2,(H,24,25). The topological polar surface area (TPSA) is 61.7 Å². The molecular weight excluding hydrogens is 369 g/mol. The number of hydrogen-bond donors (Lipinski definition) is 1. The molecule has 0 bridgehead atoms. The van der Waals surface area contributed by atoms with Gasteiger partial charge in [0.15, 0.2) is 5.75 Å². The van der Waals surface area contributed by atoms with Gasteiger partial charge in [-0.15, -0.1) is 11.6 Å². The lowest BCUT2D eigenvalue weighted by Crippen LogP contribution is -2.07. The van der Waals surface area contributed by atoms with Crippen molar-refractivity contribution in [1.82, 2.24) is 10.2 Å². The van der Waals surface area contributed by atoms with Gasteiger partial charge in [0.25, 0.3) is 0 Å². The summed E-state index contributed by atoms with van der Waals surface area (Å²) in [5.74, 6) is 0.772. The Morgan fingerprint density at radius 1 is 1.31 bits per heavy atom. The molecule has 0 fully saturated rings. The molecule has 0 radical (unpaired) electrons. The van der Waals surface area contributed by atoms with Gasteiger partial charge in [-0.2, -0.15) is 10.4 Å². The number of nitriles is 1. The Morgan fingerprint density at radius 2 is 2.19 bits per heavy atom. The zero-order chi connectivity index (χ0) is 18.1. The number of alkyl halides is 1. The highest BCUT2D eigenvalue weighted by molar-refractivity contribution is 6.33. The smallest absolute Gasteiger partial charge is 0.156 e. The summed E-state index contributed by atoms with van der Waals surface area (Å²) in [6.07, 6.45) is 5.70. The number of H-pyrrole nitrogens is 1. The van der Waals surface area contributed by atoms with Crippen LogP contribution in [-0.2, 0) is 6.42 Å². The van der Waals surface area contributed by atoms with E-state index in [1.807, 2.05) is 12.1 Å². The van der Waals surface area contributed by atoms with E-state index in [0.29, 0.717) is 28.8 Å². The van der Waals surface area contributed by atoms with E-state index in [9.17, 15) is 5.26 Å². The number of nitrogens with zero attached hydrogens (tertiary/aromatic N) is 2. The average molecular weight is 384 g/mol. The van der Waals surface area contributed by atoms with Gasteiger partial charge in [0, 0.05) is 5.39 Å². The lowest BCUT2D eigenvalue weighted by molar-refractivity contribution is 0.341. The summed E-state index contributed by atoms with van der Waals surface area (Å²) in [6, 6.07) is 10.2. The fourth-order valence-corrected chi connectivity index (χ4v) is 3.80. The fraction of sp³-hybridized carbons (Fsp3) is 0.200. The second kappa shape index (κ2) is 7.03. The van der Waals surface area contributed by atoms with Gasteiger partial charge in [-0.25, -0.2) is 0 Å². The van der Waals surface area contributed by atoms with E-state index < -0.39 is 0 Å². The maximum absolute atomic E-state index is 9.56. The monoisotopic (exact) mass is 383 g/mol. The Morgan fingerprint density at radius 3 is 3.00 bits per heavy atom. The molecule has 0 amide bonds. The normalized spacial score (nSPS) is 13.2. The number of aromatic nitrogens is 2. The summed E-state index contributed by atoms with van der Waals surface area (Å²) in [5, 5.41) is 18.2. The lowest BCUT2D eigenvalue weighted by atomic mass is 9.85. The summed E-state index contributed by atoms with van der Waals surface area (Å²) < 4.78 is 5.64. The third-order valence-corrected chi connectivity index (χ3v) is 5.10. The SMILES string of the molecule is N#Cc1cc2c(c(Cl)c1OCCCl)CCC=C2c1ccc2[nH]ncc2c1. The molecule has 0 atom stereocenters. The zero-order valence-electron chi connectivity index (χ0n) is 13.9. The molecule has 4 rings (SSSR count). The second-order valence-corrected chi connectivity index (χ2v) is 6.83. The molecule has 0 spiro atoms. The van der Waals surface area contributed by atoms with Crippen LogP contribution in [0.4, 0.5) is 0 Å². The van der Waals surface area contributed by atoms with Crippen molar-refractivity contribution in [3.05, 3.63) is 63.8 Å². The van der Waals surface area contributed by atoms with E-state index in [2.05, 4.69) is 34.5 Å². The first-order chi connectivity index (χ1) is 12.7. The second-order valence-electron chi connectivity index (χ2n) is 6.07. The summed E-state index contributed by atoms with van der Waals surface area (Å²) in [6.45, 7) is 0.314. The Balaban J connectivity index is 1.85. The van der Waals surface area contributed by atoms with Crippen LogP contribution in [0.5, 0.6) is 5.75 Å². The first-order valence-electron chi connectivity index (χ1n) is 8.31. The van der Waals surface area contributed by atoms with Crippen molar-refractivity contribution in [3.8, 4) is 11.8 Å². The Kier molecular flexibility index (Phi) is 4.58. The van der Waals surface area contributed by atoms with Gasteiger partial charge in [-0.05, 0) is 53.3 Å². The third kappa shape index (κ3) is 2.84. The minimum absolute atomic E-state index is 0.314. The van der Waals surface area contributed by atoms with Crippen LogP contribution in [0.3, 0.4) is 0 Å². The molecule has 3 aromatic rings. The Hall–Kier alpha value is -2.48. The quantitative estimate of drug-likeness (QED) is 0.638. The maximum atomic E-state index is 9.56. The van der Waals surface area contributed by atoms with Crippen LogP contribution >= 0.6 is 23.2 Å². The van der Waals surface area contributed by atoms with E-state index in [1.54, 1.807) is 6.20 Å². The summed E-state index contributed by atoms with van der Waals surface area (Å²) >= 11 is 12.3. The van der Waals surface area contributed by atoms with E-state index in [0.717, 1.165) is 46.0 Å². The van der Waals surface area contributed by atoms with Crippen molar-refractivity contribution in [2.24, 2.45) is 0 Å². The molecule has 1 aliphatic carbocycles. The van der Waals surface area contributed by atoms with Crippen LogP contribution in [-0.4, -0.2) is 22.7 Å². The number of ether oxygens (including phenoxy) is 1. The largest absolute Gasteiger partial charge is 0.489 e. The van der Waals surface area contributed by atoms with Gasteiger partial charge >= 0.3 is 0 Å². The van der Waals surface area contributed by atoms with Gasteiger partial charge in [0.1, 0.15) is 12.7 Å². The predicted octanol–water partition coefficient (Wildman–Crippen LogP) is 5.08.